The van der Waals surface area contributed by atoms with Crippen molar-refractivity contribution in [1.29, 1.82) is 0 Å². The van der Waals surface area contributed by atoms with Crippen LogP contribution in [0.4, 0.5) is 10.1 Å². The number of para-hydroxylation sites is 2. The summed E-state index contributed by atoms with van der Waals surface area (Å²) in [7, 11) is 0. The molecule has 142 valence electrons. The predicted molar refractivity (Wildman–Crippen MR) is 113 cm³/mol. The van der Waals surface area contributed by atoms with Crippen molar-refractivity contribution in [2.24, 2.45) is 5.10 Å². The lowest BCUT2D eigenvalue weighted by Crippen LogP contribution is -2.35. The van der Waals surface area contributed by atoms with E-state index >= 15 is 0 Å². The Morgan fingerprint density at radius 2 is 1.69 bits per heavy atom. The zero-order chi connectivity index (χ0) is 19.4. The maximum atomic E-state index is 13.4. The van der Waals surface area contributed by atoms with Crippen LogP contribution in [0.2, 0.25) is 0 Å². The minimum absolute atomic E-state index is 0.0796. The molecule has 0 aliphatic carbocycles. The van der Waals surface area contributed by atoms with Crippen LogP contribution in [0.15, 0.2) is 84.1 Å². The van der Waals surface area contributed by atoms with Crippen LogP contribution >= 0.6 is 0 Å². The fourth-order valence-electron chi connectivity index (χ4n) is 4.51. The van der Waals surface area contributed by atoms with Gasteiger partial charge < -0.3 is 10.3 Å². The highest BCUT2D eigenvalue weighted by atomic mass is 19.1. The summed E-state index contributed by atoms with van der Waals surface area (Å²) in [5.41, 5.74) is 6.61. The third-order valence-electron chi connectivity index (χ3n) is 5.91. The summed E-state index contributed by atoms with van der Waals surface area (Å²) < 4.78 is 13.4. The van der Waals surface area contributed by atoms with Crippen molar-refractivity contribution in [2.45, 2.75) is 18.6 Å². The van der Waals surface area contributed by atoms with Crippen LogP contribution in [0.3, 0.4) is 0 Å². The van der Waals surface area contributed by atoms with E-state index in [0.717, 1.165) is 28.9 Å². The van der Waals surface area contributed by atoms with E-state index in [9.17, 15) is 4.39 Å². The number of H-pyrrole nitrogens is 1. The van der Waals surface area contributed by atoms with E-state index in [4.69, 9.17) is 5.10 Å². The van der Waals surface area contributed by atoms with E-state index in [-0.39, 0.29) is 18.0 Å². The van der Waals surface area contributed by atoms with Crippen LogP contribution in [0.1, 0.15) is 35.3 Å². The summed E-state index contributed by atoms with van der Waals surface area (Å²) in [6.45, 7) is 0. The third kappa shape index (κ3) is 2.54. The van der Waals surface area contributed by atoms with Gasteiger partial charge in [0.2, 0.25) is 0 Å². The second kappa shape index (κ2) is 6.21. The zero-order valence-corrected chi connectivity index (χ0v) is 15.6. The molecular formula is C24H19FN4. The average Bonchev–Trinajstić information content (AvgIpc) is 3.39. The summed E-state index contributed by atoms with van der Waals surface area (Å²) in [4.78, 5) is 3.38. The molecule has 0 spiro atoms. The van der Waals surface area contributed by atoms with E-state index in [2.05, 4.69) is 64.0 Å². The van der Waals surface area contributed by atoms with Crippen LogP contribution in [-0.4, -0.2) is 15.7 Å². The van der Waals surface area contributed by atoms with Gasteiger partial charge in [-0.15, -0.1) is 0 Å². The van der Waals surface area contributed by atoms with Gasteiger partial charge in [-0.05, 0) is 35.4 Å². The Kier molecular flexibility index (Phi) is 3.50. The summed E-state index contributed by atoms with van der Waals surface area (Å²) in [6.07, 6.45) is 2.78. The molecule has 29 heavy (non-hydrogen) atoms. The van der Waals surface area contributed by atoms with Crippen molar-refractivity contribution in [3.63, 3.8) is 0 Å². The van der Waals surface area contributed by atoms with E-state index in [1.54, 1.807) is 0 Å². The smallest absolute Gasteiger partial charge is 0.144 e. The van der Waals surface area contributed by atoms with Crippen molar-refractivity contribution in [2.75, 3.05) is 5.32 Å². The minimum Gasteiger partial charge on any atom is -0.361 e. The first-order valence-corrected chi connectivity index (χ1v) is 9.81. The van der Waals surface area contributed by atoms with Crippen molar-refractivity contribution < 1.29 is 4.39 Å². The molecule has 0 saturated carbocycles. The number of anilines is 1. The molecule has 0 fully saturated rings. The number of hydrogen-bond donors (Lipinski definition) is 2. The second-order valence-corrected chi connectivity index (χ2v) is 7.58. The molecule has 0 radical (unpaired) electrons. The zero-order valence-electron chi connectivity index (χ0n) is 15.6. The molecule has 5 heteroatoms. The Bertz CT molecular complexity index is 1240. The van der Waals surface area contributed by atoms with E-state index in [1.165, 1.54) is 28.6 Å². The number of fused-ring (bicyclic) bond motifs is 4. The quantitative estimate of drug-likeness (QED) is 0.475. The lowest BCUT2D eigenvalue weighted by atomic mass is 9.94. The van der Waals surface area contributed by atoms with Crippen molar-refractivity contribution >= 4 is 22.3 Å². The first-order valence-electron chi connectivity index (χ1n) is 9.81. The highest BCUT2D eigenvalue weighted by Gasteiger charge is 2.40. The summed E-state index contributed by atoms with van der Waals surface area (Å²) in [5.74, 6) is -0.228. The van der Waals surface area contributed by atoms with Crippen LogP contribution in [0, 0.1) is 5.82 Å². The van der Waals surface area contributed by atoms with Crippen LogP contribution in [0.25, 0.3) is 10.9 Å². The van der Waals surface area contributed by atoms with Crippen molar-refractivity contribution in [3.8, 4) is 0 Å². The highest BCUT2D eigenvalue weighted by molar-refractivity contribution is 6.02. The molecule has 6 rings (SSSR count). The topological polar surface area (TPSA) is 43.4 Å². The molecule has 0 saturated heterocycles. The minimum atomic E-state index is -0.228. The van der Waals surface area contributed by atoms with Gasteiger partial charge in [0.05, 0.1) is 11.8 Å². The number of aromatic nitrogens is 1. The lowest BCUT2D eigenvalue weighted by Gasteiger charge is -2.39. The number of halogens is 1. The van der Waals surface area contributed by atoms with Crippen molar-refractivity contribution in [1.82, 2.24) is 9.99 Å². The first-order chi connectivity index (χ1) is 14.3. The molecule has 2 N–H and O–H groups in total. The van der Waals surface area contributed by atoms with Gasteiger partial charge in [-0.1, -0.05) is 48.5 Å². The lowest BCUT2D eigenvalue weighted by molar-refractivity contribution is 0.170. The largest absolute Gasteiger partial charge is 0.361 e. The van der Waals surface area contributed by atoms with Gasteiger partial charge in [0, 0.05) is 34.8 Å². The Hall–Kier alpha value is -3.60. The van der Waals surface area contributed by atoms with Gasteiger partial charge in [-0.3, -0.25) is 5.01 Å². The molecule has 0 amide bonds. The Balaban J connectivity index is 1.49. The number of aromatic amines is 1. The van der Waals surface area contributed by atoms with Gasteiger partial charge in [0.1, 0.15) is 12.0 Å². The van der Waals surface area contributed by atoms with Crippen molar-refractivity contribution in [3.05, 3.63) is 102 Å². The number of nitrogens with zero attached hydrogens (tertiary/aromatic N) is 2. The third-order valence-corrected chi connectivity index (χ3v) is 5.91. The Labute approximate surface area is 167 Å². The number of nitrogens with one attached hydrogen (secondary N) is 2. The molecule has 2 atom stereocenters. The van der Waals surface area contributed by atoms with E-state index in [1.807, 2.05) is 18.2 Å². The number of hydrogen-bond acceptors (Lipinski definition) is 3. The number of hydrazone groups is 1. The van der Waals surface area contributed by atoms with E-state index < -0.39 is 0 Å². The summed E-state index contributed by atoms with van der Waals surface area (Å²) in [5, 5.41) is 12.0. The fraction of sp³-hybridized carbons (Fsp3) is 0.125. The van der Waals surface area contributed by atoms with Crippen LogP contribution in [-0.2, 0) is 0 Å². The standard InChI is InChI=1S/C24H19FN4/c25-16-11-9-15(10-12-16)22-13-23-18-6-2-4-8-21(18)27-24(29(23)28-22)19-14-26-20-7-3-1-5-17(19)20/h1-12,14,23-24,26-27H,13H2/t23-,24-/m1/s1. The van der Waals surface area contributed by atoms with Crippen LogP contribution < -0.4 is 5.32 Å². The molecular weight excluding hydrogens is 363 g/mol. The maximum Gasteiger partial charge on any atom is 0.144 e. The first kappa shape index (κ1) is 16.4. The van der Waals surface area contributed by atoms with Gasteiger partial charge in [0.15, 0.2) is 0 Å². The molecule has 1 aromatic heterocycles. The molecule has 0 unspecified atom stereocenters. The SMILES string of the molecule is Fc1ccc(C2=NN3[C@H](C2)c2ccccc2N[C@H]3c2c[nH]c3ccccc23)cc1. The monoisotopic (exact) mass is 382 g/mol. The Morgan fingerprint density at radius 3 is 2.59 bits per heavy atom. The summed E-state index contributed by atoms with van der Waals surface area (Å²) >= 11 is 0. The molecule has 4 aromatic rings. The Morgan fingerprint density at radius 1 is 0.897 bits per heavy atom. The maximum absolute atomic E-state index is 13.4. The number of benzene rings is 3. The van der Waals surface area contributed by atoms with Gasteiger partial charge in [-0.2, -0.15) is 5.10 Å². The van der Waals surface area contributed by atoms with Crippen LogP contribution in [0.5, 0.6) is 0 Å². The normalized spacial score (nSPS) is 20.2. The van der Waals surface area contributed by atoms with Gasteiger partial charge in [0.25, 0.3) is 0 Å². The average molecular weight is 382 g/mol. The second-order valence-electron chi connectivity index (χ2n) is 7.58. The molecule has 2 aliphatic heterocycles. The molecule has 3 heterocycles. The fourth-order valence-corrected chi connectivity index (χ4v) is 4.51. The summed E-state index contributed by atoms with van der Waals surface area (Å²) in [6, 6.07) is 23.5. The molecule has 0 bridgehead atoms. The molecule has 3 aromatic carbocycles. The van der Waals surface area contributed by atoms with E-state index in [0.29, 0.717) is 0 Å². The van der Waals surface area contributed by atoms with Gasteiger partial charge >= 0.3 is 0 Å². The molecule has 4 nitrogen and oxygen atoms in total. The molecule has 2 aliphatic rings. The predicted octanol–water partition coefficient (Wildman–Crippen LogP) is 5.58. The highest BCUT2D eigenvalue weighted by Crippen LogP contribution is 2.47. The number of rotatable bonds is 2. The van der Waals surface area contributed by atoms with Gasteiger partial charge in [-0.25, -0.2) is 4.39 Å².